The Morgan fingerprint density at radius 3 is 1.83 bits per heavy atom. The fraction of sp³-hybridized carbons (Fsp3) is 0.0588. The molecule has 0 unspecified atom stereocenters. The van der Waals surface area contributed by atoms with Crippen LogP contribution in [0.4, 0.5) is 0 Å². The van der Waals surface area contributed by atoms with Gasteiger partial charge in [0.1, 0.15) is 0 Å². The molecule has 53 heavy (non-hydrogen) atoms. The van der Waals surface area contributed by atoms with Crippen LogP contribution in [0, 0.1) is 0 Å². The number of rotatable bonds is 7. The highest BCUT2D eigenvalue weighted by molar-refractivity contribution is 6.16. The van der Waals surface area contributed by atoms with Crippen LogP contribution in [0.3, 0.4) is 0 Å². The van der Waals surface area contributed by atoms with Crippen molar-refractivity contribution in [3.8, 4) is 16.8 Å². The third-order valence-corrected chi connectivity index (χ3v) is 10.0. The molecular weight excluding hydrogens is 641 g/mol. The number of nitrogens with zero attached hydrogens (tertiary/aromatic N) is 2. The molecule has 0 bridgehead atoms. The zero-order valence-corrected chi connectivity index (χ0v) is 30.5. The molecule has 0 aliphatic carbocycles. The zero-order valence-electron chi connectivity index (χ0n) is 30.5. The molecule has 7 aromatic carbocycles. The van der Waals surface area contributed by atoms with Crippen LogP contribution in [-0.4, -0.2) is 9.13 Å². The largest absolute Gasteiger partial charge is 0.316 e. The molecule has 2 nitrogen and oxygen atoms in total. The first kappa shape index (κ1) is 33.5. The lowest BCUT2D eigenvalue weighted by molar-refractivity contribution is 1.13. The highest BCUT2D eigenvalue weighted by Gasteiger charge is 2.17. The highest BCUT2D eigenvalue weighted by Crippen LogP contribution is 2.40. The minimum absolute atomic E-state index is 0.965. The Kier molecular flexibility index (Phi) is 9.19. The van der Waals surface area contributed by atoms with E-state index in [-0.39, 0.29) is 0 Å². The maximum absolute atomic E-state index is 4.52. The van der Waals surface area contributed by atoms with Crippen LogP contribution < -0.4 is 0 Å². The molecule has 0 saturated heterocycles. The van der Waals surface area contributed by atoms with Crippen molar-refractivity contribution in [1.82, 2.24) is 9.13 Å². The Balaban J connectivity index is 0.00000197. The quantitative estimate of drug-likeness (QED) is 0.148. The fourth-order valence-electron chi connectivity index (χ4n) is 7.56. The minimum Gasteiger partial charge on any atom is -0.316 e. The monoisotopic (exact) mass is 682 g/mol. The van der Waals surface area contributed by atoms with Crippen molar-refractivity contribution in [3.63, 3.8) is 0 Å². The third kappa shape index (κ3) is 6.19. The Bertz CT molecular complexity index is 2790. The Hall–Kier alpha value is -6.64. The molecule has 2 heteroatoms. The molecule has 0 spiro atoms. The number of para-hydroxylation sites is 2. The van der Waals surface area contributed by atoms with E-state index in [0.717, 1.165) is 33.6 Å². The standard InChI is InChI=1S/C49H36N2.C2H6/c1-34(36-16-6-3-7-17-36)30-41(31-35(2)37-18-8-4-9-19-37)51-47-25-15-14-23-43(47)46-32-38(26-27-48(46)51)45-33-39-28-29-50(40-20-10-5-11-21-40)49(39)44-24-13-12-22-42(44)45;1-2/h3-33H,1H2,2H3;1-2H3/b35-31+,41-30+;. The second-order valence-corrected chi connectivity index (χ2v) is 13.2. The van der Waals surface area contributed by atoms with Crippen LogP contribution in [-0.2, 0) is 0 Å². The van der Waals surface area contributed by atoms with E-state index in [0.29, 0.717) is 0 Å². The van der Waals surface area contributed by atoms with Crippen molar-refractivity contribution < 1.29 is 0 Å². The average Bonchev–Trinajstić information content (AvgIpc) is 3.81. The maximum atomic E-state index is 4.52. The summed E-state index contributed by atoms with van der Waals surface area (Å²) in [5.41, 5.74) is 12.7. The van der Waals surface area contributed by atoms with Gasteiger partial charge in [0.05, 0.1) is 16.6 Å². The first-order chi connectivity index (χ1) is 26.1. The normalized spacial score (nSPS) is 12.0. The zero-order chi connectivity index (χ0) is 36.3. The number of hydrogen-bond donors (Lipinski definition) is 0. The molecule has 2 aromatic heterocycles. The van der Waals surface area contributed by atoms with Crippen molar-refractivity contribution in [1.29, 1.82) is 0 Å². The van der Waals surface area contributed by atoms with Gasteiger partial charge in [0.2, 0.25) is 0 Å². The predicted molar refractivity (Wildman–Crippen MR) is 230 cm³/mol. The van der Waals surface area contributed by atoms with Gasteiger partial charge in [-0.2, -0.15) is 0 Å². The van der Waals surface area contributed by atoms with Crippen LogP contribution in [0.5, 0.6) is 0 Å². The van der Waals surface area contributed by atoms with Crippen LogP contribution in [0.15, 0.2) is 195 Å². The minimum atomic E-state index is 0.965. The number of fused-ring (bicyclic) bond motifs is 6. The lowest BCUT2D eigenvalue weighted by Gasteiger charge is -2.14. The van der Waals surface area contributed by atoms with E-state index in [1.54, 1.807) is 0 Å². The predicted octanol–water partition coefficient (Wildman–Crippen LogP) is 14.2. The van der Waals surface area contributed by atoms with Gasteiger partial charge in [0.15, 0.2) is 0 Å². The van der Waals surface area contributed by atoms with Crippen molar-refractivity contribution in [3.05, 3.63) is 206 Å². The lowest BCUT2D eigenvalue weighted by atomic mass is 9.95. The van der Waals surface area contributed by atoms with E-state index < -0.39 is 0 Å². The molecule has 0 atom stereocenters. The van der Waals surface area contributed by atoms with Crippen molar-refractivity contribution in [2.45, 2.75) is 20.8 Å². The molecule has 0 aliphatic heterocycles. The highest BCUT2D eigenvalue weighted by atomic mass is 15.0. The second kappa shape index (κ2) is 14.5. The lowest BCUT2D eigenvalue weighted by Crippen LogP contribution is -1.97. The van der Waals surface area contributed by atoms with Gasteiger partial charge in [-0.1, -0.05) is 148 Å². The van der Waals surface area contributed by atoms with Crippen LogP contribution >= 0.6 is 0 Å². The van der Waals surface area contributed by atoms with Gasteiger partial charge in [-0.3, -0.25) is 0 Å². The molecular formula is C51H42N2. The summed E-state index contributed by atoms with van der Waals surface area (Å²) in [5, 5.41) is 6.15. The summed E-state index contributed by atoms with van der Waals surface area (Å²) >= 11 is 0. The molecule has 0 radical (unpaired) electrons. The number of hydrogen-bond acceptors (Lipinski definition) is 0. The molecule has 9 rings (SSSR count). The summed E-state index contributed by atoms with van der Waals surface area (Å²) < 4.78 is 4.71. The molecule has 9 aromatic rings. The molecule has 256 valence electrons. The van der Waals surface area contributed by atoms with Gasteiger partial charge in [0.25, 0.3) is 0 Å². The summed E-state index contributed by atoms with van der Waals surface area (Å²) in [6.45, 7) is 10.7. The molecule has 2 heterocycles. The van der Waals surface area contributed by atoms with E-state index in [2.05, 4.69) is 205 Å². The average molecular weight is 683 g/mol. The summed E-state index contributed by atoms with van der Waals surface area (Å²) in [5.74, 6) is 0. The fourth-order valence-corrected chi connectivity index (χ4v) is 7.56. The number of allylic oxidation sites excluding steroid dienone is 5. The first-order valence-corrected chi connectivity index (χ1v) is 18.5. The van der Waals surface area contributed by atoms with E-state index in [1.807, 2.05) is 19.9 Å². The second-order valence-electron chi connectivity index (χ2n) is 13.2. The molecule has 0 saturated carbocycles. The van der Waals surface area contributed by atoms with E-state index in [9.17, 15) is 0 Å². The van der Waals surface area contributed by atoms with Gasteiger partial charge in [-0.15, -0.1) is 0 Å². The van der Waals surface area contributed by atoms with Gasteiger partial charge >= 0.3 is 0 Å². The Morgan fingerprint density at radius 1 is 0.528 bits per heavy atom. The Morgan fingerprint density at radius 2 is 1.11 bits per heavy atom. The van der Waals surface area contributed by atoms with Crippen molar-refractivity contribution >= 4 is 60.3 Å². The Labute approximate surface area is 311 Å². The third-order valence-electron chi connectivity index (χ3n) is 10.0. The summed E-state index contributed by atoms with van der Waals surface area (Å²) in [6.07, 6.45) is 6.71. The van der Waals surface area contributed by atoms with Crippen LogP contribution in [0.1, 0.15) is 31.9 Å². The van der Waals surface area contributed by atoms with Gasteiger partial charge < -0.3 is 9.13 Å². The molecule has 0 fully saturated rings. The molecule has 0 N–H and O–H groups in total. The van der Waals surface area contributed by atoms with E-state index in [1.165, 1.54) is 54.7 Å². The smallest absolute Gasteiger partial charge is 0.0607 e. The summed E-state index contributed by atoms with van der Waals surface area (Å²) in [6, 6.07) is 60.7. The van der Waals surface area contributed by atoms with Crippen molar-refractivity contribution in [2.24, 2.45) is 0 Å². The molecule has 0 aliphatic rings. The topological polar surface area (TPSA) is 9.86 Å². The van der Waals surface area contributed by atoms with Gasteiger partial charge in [0, 0.05) is 39.1 Å². The van der Waals surface area contributed by atoms with Gasteiger partial charge in [-0.25, -0.2) is 0 Å². The first-order valence-electron chi connectivity index (χ1n) is 18.5. The maximum Gasteiger partial charge on any atom is 0.0607 e. The van der Waals surface area contributed by atoms with Crippen molar-refractivity contribution in [2.75, 3.05) is 0 Å². The van der Waals surface area contributed by atoms with E-state index >= 15 is 0 Å². The molecule has 0 amide bonds. The number of benzene rings is 7. The number of aromatic nitrogens is 2. The van der Waals surface area contributed by atoms with Crippen LogP contribution in [0.2, 0.25) is 0 Å². The van der Waals surface area contributed by atoms with Gasteiger partial charge in [-0.05, 0) is 100 Å². The SMILES string of the molecule is C=C(/C=C(\C=C(/C)c1ccccc1)n1c2ccccc2c2cc(-c3cc4ccn(-c5ccccc5)c4c4ccccc34)ccc21)c1ccccc1.CC. The summed E-state index contributed by atoms with van der Waals surface area (Å²) in [4.78, 5) is 0. The van der Waals surface area contributed by atoms with E-state index in [4.69, 9.17) is 0 Å². The van der Waals surface area contributed by atoms with Crippen LogP contribution in [0.25, 0.3) is 77.1 Å². The summed E-state index contributed by atoms with van der Waals surface area (Å²) in [7, 11) is 0.